The van der Waals surface area contributed by atoms with E-state index in [0.29, 0.717) is 43.6 Å². The maximum Gasteiger partial charge on any atom is 0.251 e. The molecule has 6 rings (SSSR count). The van der Waals surface area contributed by atoms with Gasteiger partial charge in [-0.1, -0.05) is 29.5 Å². The summed E-state index contributed by atoms with van der Waals surface area (Å²) in [6.07, 6.45) is 7.28. The predicted octanol–water partition coefficient (Wildman–Crippen LogP) is 3.96. The first kappa shape index (κ1) is 36.7. The number of nitrogens with zero attached hydrogens (tertiary/aromatic N) is 7. The molecule has 4 aromatic rings. The number of amides is 2. The van der Waals surface area contributed by atoms with Gasteiger partial charge in [-0.2, -0.15) is 0 Å². The number of hydrogen-bond donors (Lipinski definition) is 3. The lowest BCUT2D eigenvalue weighted by Crippen LogP contribution is -2.33. The average molecular weight is 703 g/mol. The first-order valence-electron chi connectivity index (χ1n) is 18.3. The topological polar surface area (TPSA) is 146 Å². The normalized spacial score (nSPS) is 13.3. The van der Waals surface area contributed by atoms with Gasteiger partial charge in [-0.25, -0.2) is 0 Å². The van der Waals surface area contributed by atoms with Gasteiger partial charge >= 0.3 is 0 Å². The zero-order valence-corrected chi connectivity index (χ0v) is 30.6. The van der Waals surface area contributed by atoms with E-state index >= 15 is 0 Å². The molecule has 0 aliphatic carbocycles. The molecule has 0 saturated heterocycles. The van der Waals surface area contributed by atoms with Crippen LogP contribution in [0.1, 0.15) is 67.9 Å². The van der Waals surface area contributed by atoms with Crippen molar-refractivity contribution in [1.29, 1.82) is 0 Å². The first-order valence-corrected chi connectivity index (χ1v) is 18.3. The van der Waals surface area contributed by atoms with E-state index in [1.54, 1.807) is 0 Å². The molecule has 52 heavy (non-hydrogen) atoms. The predicted molar refractivity (Wildman–Crippen MR) is 206 cm³/mol. The maximum absolute atomic E-state index is 13.0. The molecule has 3 aromatic carbocycles. The molecule has 4 N–H and O–H groups in total. The summed E-state index contributed by atoms with van der Waals surface area (Å²) in [5.74, 6) is -0.130. The Balaban J connectivity index is 0.930. The summed E-state index contributed by atoms with van der Waals surface area (Å²) in [5, 5.41) is 14.5. The van der Waals surface area contributed by atoms with Gasteiger partial charge in [0.1, 0.15) is 0 Å². The molecule has 0 bridgehead atoms. The minimum Gasteiger partial charge on any atom is -0.351 e. The van der Waals surface area contributed by atoms with Crippen LogP contribution in [0.2, 0.25) is 0 Å². The van der Waals surface area contributed by atoms with Gasteiger partial charge in [-0.3, -0.25) is 24.3 Å². The molecule has 12 heteroatoms. The summed E-state index contributed by atoms with van der Waals surface area (Å²) >= 11 is 0. The lowest BCUT2D eigenvalue weighted by Gasteiger charge is -2.16. The lowest BCUT2D eigenvalue weighted by atomic mass is 9.98. The number of benzene rings is 3. The van der Waals surface area contributed by atoms with Crippen molar-refractivity contribution in [2.24, 2.45) is 15.7 Å². The summed E-state index contributed by atoms with van der Waals surface area (Å²) in [7, 11) is 6.06. The first-order chi connectivity index (χ1) is 25.2. The number of rotatable bonds is 18. The second kappa shape index (κ2) is 17.5. The SMILES string of the molecule is CN(C)CCNC(=O)c1ccc2c(c1)CC(c1ccc(C3=Nc4ccc(C(=O)NCCN(C)CCCCc5cn(CCCN)nn5)cc4C3)cc1)=N2. The van der Waals surface area contributed by atoms with Crippen molar-refractivity contribution in [3.8, 4) is 0 Å². The highest BCUT2D eigenvalue weighted by atomic mass is 16.2. The quantitative estimate of drug-likeness (QED) is 0.133. The molecule has 2 aliphatic heterocycles. The van der Waals surface area contributed by atoms with Crippen molar-refractivity contribution in [2.75, 3.05) is 60.4 Å². The van der Waals surface area contributed by atoms with Crippen LogP contribution in [0.4, 0.5) is 11.4 Å². The van der Waals surface area contributed by atoms with Crippen LogP contribution in [0.5, 0.6) is 0 Å². The van der Waals surface area contributed by atoms with Crippen LogP contribution in [0, 0.1) is 0 Å². The van der Waals surface area contributed by atoms with Gasteiger partial charge in [0.15, 0.2) is 0 Å². The zero-order valence-electron chi connectivity index (χ0n) is 30.6. The lowest BCUT2D eigenvalue weighted by molar-refractivity contribution is 0.0942. The van der Waals surface area contributed by atoms with Crippen LogP contribution in [-0.4, -0.2) is 108 Å². The molecule has 0 atom stereocenters. The number of unbranched alkanes of at least 4 members (excludes halogenated alkanes) is 1. The summed E-state index contributed by atoms with van der Waals surface area (Å²) < 4.78 is 1.87. The molecule has 2 amide bonds. The molecule has 3 heterocycles. The number of nitrogens with one attached hydrogen (secondary N) is 2. The fraction of sp³-hybridized carbons (Fsp3) is 0.400. The number of aromatic nitrogens is 3. The van der Waals surface area contributed by atoms with Gasteiger partial charge in [0.25, 0.3) is 11.8 Å². The molecule has 0 fully saturated rings. The van der Waals surface area contributed by atoms with Crippen molar-refractivity contribution in [3.05, 3.63) is 106 Å². The Morgan fingerprint density at radius 1 is 0.750 bits per heavy atom. The summed E-state index contributed by atoms with van der Waals surface area (Å²) in [6.45, 7) is 5.18. The van der Waals surface area contributed by atoms with E-state index in [0.717, 1.165) is 103 Å². The average Bonchev–Trinajstić information content (AvgIpc) is 3.90. The van der Waals surface area contributed by atoms with E-state index in [1.165, 1.54) is 0 Å². The van der Waals surface area contributed by atoms with Gasteiger partial charge in [0.05, 0.1) is 28.5 Å². The summed E-state index contributed by atoms with van der Waals surface area (Å²) in [5.41, 5.74) is 15.9. The highest BCUT2D eigenvalue weighted by Gasteiger charge is 2.21. The Bertz CT molecular complexity index is 1930. The molecular formula is C40H50N10O2. The Morgan fingerprint density at radius 3 is 1.88 bits per heavy atom. The third-order valence-electron chi connectivity index (χ3n) is 9.49. The molecule has 0 unspecified atom stereocenters. The Hall–Kier alpha value is -5.04. The molecule has 0 saturated carbocycles. The molecule has 0 spiro atoms. The Labute approximate surface area is 306 Å². The van der Waals surface area contributed by atoms with Crippen molar-refractivity contribution in [3.63, 3.8) is 0 Å². The van der Waals surface area contributed by atoms with E-state index < -0.39 is 0 Å². The van der Waals surface area contributed by atoms with Crippen molar-refractivity contribution < 1.29 is 9.59 Å². The Morgan fingerprint density at radius 2 is 1.33 bits per heavy atom. The Kier molecular flexibility index (Phi) is 12.3. The highest BCUT2D eigenvalue weighted by Crippen LogP contribution is 2.32. The fourth-order valence-electron chi connectivity index (χ4n) is 6.45. The van der Waals surface area contributed by atoms with Crippen molar-refractivity contribution >= 4 is 34.6 Å². The monoisotopic (exact) mass is 702 g/mol. The minimum absolute atomic E-state index is 0.0620. The number of likely N-dealkylation sites (N-methyl/N-ethyl adjacent to an activating group) is 2. The molecular weight excluding hydrogens is 653 g/mol. The van der Waals surface area contributed by atoms with Crippen molar-refractivity contribution in [2.45, 2.75) is 45.1 Å². The van der Waals surface area contributed by atoms with E-state index in [1.807, 2.05) is 66.3 Å². The van der Waals surface area contributed by atoms with Crippen LogP contribution < -0.4 is 16.4 Å². The van der Waals surface area contributed by atoms with Crippen LogP contribution in [0.3, 0.4) is 0 Å². The van der Waals surface area contributed by atoms with Gasteiger partial charge in [0.2, 0.25) is 0 Å². The van der Waals surface area contributed by atoms with E-state index in [-0.39, 0.29) is 11.8 Å². The van der Waals surface area contributed by atoms with Crippen LogP contribution in [-0.2, 0) is 25.8 Å². The second-order valence-electron chi connectivity index (χ2n) is 13.9. The number of aliphatic imine (C=N–C) groups is 2. The molecule has 1 aromatic heterocycles. The van der Waals surface area contributed by atoms with Gasteiger partial charge in [-0.05, 0) is 119 Å². The number of hydrogen-bond acceptors (Lipinski definition) is 9. The van der Waals surface area contributed by atoms with E-state index in [4.69, 9.17) is 15.7 Å². The second-order valence-corrected chi connectivity index (χ2v) is 13.9. The van der Waals surface area contributed by atoms with Crippen LogP contribution in [0.25, 0.3) is 0 Å². The molecule has 272 valence electrons. The smallest absolute Gasteiger partial charge is 0.251 e. The number of aryl methyl sites for hydroxylation is 2. The van der Waals surface area contributed by atoms with Crippen molar-refractivity contribution in [1.82, 2.24) is 35.4 Å². The number of nitrogens with two attached hydrogens (primary N) is 1. The number of fused-ring (bicyclic) bond motifs is 2. The molecule has 0 radical (unpaired) electrons. The summed E-state index contributed by atoms with van der Waals surface area (Å²) in [6, 6.07) is 19.9. The van der Waals surface area contributed by atoms with E-state index in [9.17, 15) is 9.59 Å². The van der Waals surface area contributed by atoms with E-state index in [2.05, 4.69) is 57.2 Å². The standard InChI is InChI=1S/C40H50N10O2/c1-48(2)21-17-42-39(51)30-12-14-35-32(23-30)25-37(44-35)28-8-10-29(11-9-28)38-26-33-24-31(13-15-36(33)45-38)40(52)43-18-22-49(3)19-5-4-7-34-27-50(47-46-34)20-6-16-41/h8-15,23-24,27H,4-7,16-22,25-26,41H2,1-3H3,(H,42,51)(H,43,52). The van der Waals surface area contributed by atoms with Gasteiger partial charge in [-0.15, -0.1) is 5.10 Å². The van der Waals surface area contributed by atoms with Crippen LogP contribution in [0.15, 0.2) is 76.8 Å². The number of carbonyl (C=O) groups excluding carboxylic acids is 2. The maximum atomic E-state index is 13.0. The van der Waals surface area contributed by atoms with Crippen LogP contribution >= 0.6 is 0 Å². The fourth-order valence-corrected chi connectivity index (χ4v) is 6.45. The zero-order chi connectivity index (χ0) is 36.5. The molecule has 2 aliphatic rings. The highest BCUT2D eigenvalue weighted by molar-refractivity contribution is 6.10. The number of carbonyl (C=O) groups is 2. The largest absolute Gasteiger partial charge is 0.351 e. The summed E-state index contributed by atoms with van der Waals surface area (Å²) in [4.78, 5) is 39.7. The van der Waals surface area contributed by atoms with Gasteiger partial charge < -0.3 is 26.2 Å². The minimum atomic E-state index is -0.0675. The third kappa shape index (κ3) is 9.64. The molecule has 12 nitrogen and oxygen atoms in total. The van der Waals surface area contributed by atoms with Gasteiger partial charge in [0, 0.05) is 62.9 Å². The third-order valence-corrected chi connectivity index (χ3v) is 9.49.